The Bertz CT molecular complexity index is 1590. The largest absolute Gasteiger partial charge is 0.494 e. The number of H-pyrrole nitrogens is 1. The summed E-state index contributed by atoms with van der Waals surface area (Å²) in [5, 5.41) is 16.7. The highest BCUT2D eigenvalue weighted by molar-refractivity contribution is 5.96. The predicted octanol–water partition coefficient (Wildman–Crippen LogP) is 5.41. The van der Waals surface area contributed by atoms with E-state index < -0.39 is 17.2 Å². The van der Waals surface area contributed by atoms with Crippen LogP contribution in [0.15, 0.2) is 48.7 Å². The molecule has 42 heavy (non-hydrogen) atoms. The molecule has 0 radical (unpaired) electrons. The second kappa shape index (κ2) is 11.6. The molecule has 0 unspecified atom stereocenters. The molecule has 2 aromatic heterocycles. The third-order valence-corrected chi connectivity index (χ3v) is 6.80. The van der Waals surface area contributed by atoms with Crippen LogP contribution in [0.3, 0.4) is 0 Å². The Kier molecular flexibility index (Phi) is 7.97. The van der Waals surface area contributed by atoms with E-state index in [0.717, 1.165) is 17.7 Å². The Balaban J connectivity index is 1.22. The molecule has 10 nitrogen and oxygen atoms in total. The third kappa shape index (κ3) is 6.59. The van der Waals surface area contributed by atoms with Crippen molar-refractivity contribution in [1.82, 2.24) is 25.2 Å². The smallest absolute Gasteiger partial charge is 0.410 e. The van der Waals surface area contributed by atoms with Crippen molar-refractivity contribution in [3.8, 4) is 17.3 Å². The lowest BCUT2D eigenvalue weighted by atomic mass is 10.0. The molecule has 2 aromatic carbocycles. The standard InChI is InChI=1S/C30H32F2N6O4/c1-30(2,3)42-29(41)38-13-11-19(12-14-38)34-23(39)15-17-7-9-18(10-8-17)35-27-25-22(16-33-28(25)40)36-26(37-27)24-20(31)5-4-6-21(24)32/h4-10,16,19,33,40H,11-15H2,1-3H3,(H,34,39)(H,35,36,37). The van der Waals surface area contributed by atoms with Gasteiger partial charge >= 0.3 is 6.09 Å². The number of benzene rings is 2. The number of nitrogens with one attached hydrogen (secondary N) is 3. The summed E-state index contributed by atoms with van der Waals surface area (Å²) in [5.74, 6) is -1.96. The average Bonchev–Trinajstić information content (AvgIpc) is 3.30. The summed E-state index contributed by atoms with van der Waals surface area (Å²) < 4.78 is 34.3. The summed E-state index contributed by atoms with van der Waals surface area (Å²) in [6.07, 6.45) is 2.53. The fourth-order valence-electron chi connectivity index (χ4n) is 4.78. The fraction of sp³-hybridized carbons (Fsp3) is 0.333. The van der Waals surface area contributed by atoms with Gasteiger partial charge in [-0.2, -0.15) is 0 Å². The van der Waals surface area contributed by atoms with Crippen molar-refractivity contribution >= 4 is 34.4 Å². The number of aromatic nitrogens is 3. The molecule has 1 saturated heterocycles. The first kappa shape index (κ1) is 28.8. The molecule has 4 N–H and O–H groups in total. The number of rotatable bonds is 6. The summed E-state index contributed by atoms with van der Waals surface area (Å²) >= 11 is 0. The van der Waals surface area contributed by atoms with Gasteiger partial charge in [0.2, 0.25) is 11.8 Å². The van der Waals surface area contributed by atoms with Crippen molar-refractivity contribution in [2.75, 3.05) is 18.4 Å². The van der Waals surface area contributed by atoms with E-state index in [4.69, 9.17) is 4.74 Å². The molecule has 0 saturated carbocycles. The van der Waals surface area contributed by atoms with Crippen LogP contribution in [0.4, 0.5) is 25.1 Å². The van der Waals surface area contributed by atoms with Gasteiger partial charge in [0, 0.05) is 31.0 Å². The van der Waals surface area contributed by atoms with E-state index in [9.17, 15) is 23.5 Å². The average molecular weight is 579 g/mol. The van der Waals surface area contributed by atoms with Crippen molar-refractivity contribution < 1.29 is 28.2 Å². The molecule has 3 heterocycles. The monoisotopic (exact) mass is 578 g/mol. The number of hydrogen-bond acceptors (Lipinski definition) is 7. The van der Waals surface area contributed by atoms with Crippen LogP contribution < -0.4 is 10.6 Å². The molecule has 1 aliphatic rings. The molecule has 2 amide bonds. The van der Waals surface area contributed by atoms with Crippen LogP contribution in [0.25, 0.3) is 22.3 Å². The van der Waals surface area contributed by atoms with E-state index in [1.807, 2.05) is 20.8 Å². The number of halogens is 2. The maximum absolute atomic E-state index is 14.4. The number of fused-ring (bicyclic) bond motifs is 1. The van der Waals surface area contributed by atoms with E-state index in [1.165, 1.54) is 12.3 Å². The van der Waals surface area contributed by atoms with Crippen molar-refractivity contribution in [1.29, 1.82) is 0 Å². The van der Waals surface area contributed by atoms with E-state index >= 15 is 0 Å². The minimum absolute atomic E-state index is 0.0280. The number of amides is 2. The van der Waals surface area contributed by atoms with E-state index in [2.05, 4.69) is 25.6 Å². The van der Waals surface area contributed by atoms with Crippen molar-refractivity contribution in [3.05, 3.63) is 65.9 Å². The van der Waals surface area contributed by atoms with Crippen LogP contribution in [-0.2, 0) is 16.0 Å². The van der Waals surface area contributed by atoms with Crippen molar-refractivity contribution in [2.24, 2.45) is 0 Å². The lowest BCUT2D eigenvalue weighted by Crippen LogP contribution is -2.48. The molecule has 0 spiro atoms. The van der Waals surface area contributed by atoms with Gasteiger partial charge in [0.05, 0.1) is 17.5 Å². The summed E-state index contributed by atoms with van der Waals surface area (Å²) in [4.78, 5) is 37.8. The molecular formula is C30H32F2N6O4. The van der Waals surface area contributed by atoms with Gasteiger partial charge in [0.25, 0.3) is 0 Å². The number of aromatic amines is 1. The summed E-state index contributed by atoms with van der Waals surface area (Å²) in [5.41, 5.74) is 0.694. The zero-order chi connectivity index (χ0) is 30.0. The Morgan fingerprint density at radius 1 is 1.07 bits per heavy atom. The molecule has 12 heteroatoms. The first-order valence-corrected chi connectivity index (χ1v) is 13.6. The van der Waals surface area contributed by atoms with Gasteiger partial charge < -0.3 is 30.4 Å². The first-order valence-electron chi connectivity index (χ1n) is 13.6. The van der Waals surface area contributed by atoms with Crippen molar-refractivity contribution in [2.45, 2.75) is 51.7 Å². The van der Waals surface area contributed by atoms with E-state index in [-0.39, 0.29) is 58.5 Å². The number of anilines is 2. The minimum atomic E-state index is -0.809. The van der Waals surface area contributed by atoms with Gasteiger partial charge in [-0.05, 0) is 63.4 Å². The maximum Gasteiger partial charge on any atom is 0.410 e. The maximum atomic E-state index is 14.4. The molecule has 1 fully saturated rings. The Morgan fingerprint density at radius 2 is 1.74 bits per heavy atom. The number of piperidine rings is 1. The van der Waals surface area contributed by atoms with Gasteiger partial charge in [-0.25, -0.2) is 23.5 Å². The lowest BCUT2D eigenvalue weighted by Gasteiger charge is -2.33. The Hall–Kier alpha value is -4.74. The fourth-order valence-corrected chi connectivity index (χ4v) is 4.78. The molecule has 220 valence electrons. The highest BCUT2D eigenvalue weighted by Gasteiger charge is 2.27. The van der Waals surface area contributed by atoms with Gasteiger partial charge in [-0.15, -0.1) is 0 Å². The van der Waals surface area contributed by atoms with Crippen LogP contribution in [-0.4, -0.2) is 61.7 Å². The van der Waals surface area contributed by atoms with Crippen LogP contribution >= 0.6 is 0 Å². The Morgan fingerprint density at radius 3 is 2.38 bits per heavy atom. The van der Waals surface area contributed by atoms with Crippen molar-refractivity contribution in [3.63, 3.8) is 0 Å². The summed E-state index contributed by atoms with van der Waals surface area (Å²) in [6, 6.07) is 10.5. The highest BCUT2D eigenvalue weighted by Crippen LogP contribution is 2.34. The van der Waals surface area contributed by atoms with Gasteiger partial charge in [-0.3, -0.25) is 4.79 Å². The van der Waals surface area contributed by atoms with Crippen LogP contribution in [0, 0.1) is 11.6 Å². The number of nitrogens with zero attached hydrogens (tertiary/aromatic N) is 3. The van der Waals surface area contributed by atoms with Gasteiger partial charge in [0.1, 0.15) is 28.4 Å². The second-order valence-electron chi connectivity index (χ2n) is 11.2. The van der Waals surface area contributed by atoms with Crippen LogP contribution in [0.5, 0.6) is 5.88 Å². The SMILES string of the molecule is CC(C)(C)OC(=O)N1CCC(NC(=O)Cc2ccc(Nc3nc(-c4c(F)cccc4F)nc4c[nH]c(O)c34)cc2)CC1. The van der Waals surface area contributed by atoms with E-state index in [1.54, 1.807) is 29.2 Å². The van der Waals surface area contributed by atoms with Crippen LogP contribution in [0.2, 0.25) is 0 Å². The normalized spacial score (nSPS) is 14.2. The van der Waals surface area contributed by atoms with E-state index in [0.29, 0.717) is 31.6 Å². The molecule has 0 aliphatic carbocycles. The number of ether oxygens (including phenoxy) is 1. The van der Waals surface area contributed by atoms with Crippen LogP contribution in [0.1, 0.15) is 39.2 Å². The lowest BCUT2D eigenvalue weighted by molar-refractivity contribution is -0.121. The number of hydrogen-bond donors (Lipinski definition) is 4. The number of aromatic hydroxyl groups is 1. The highest BCUT2D eigenvalue weighted by atomic mass is 19.1. The van der Waals surface area contributed by atoms with Gasteiger partial charge in [0.15, 0.2) is 5.82 Å². The third-order valence-electron chi connectivity index (χ3n) is 6.80. The Labute approximate surface area is 241 Å². The number of carbonyl (C=O) groups is 2. The quantitative estimate of drug-likeness (QED) is 0.241. The minimum Gasteiger partial charge on any atom is -0.494 e. The number of likely N-dealkylation sites (tertiary alicyclic amines) is 1. The molecule has 4 aromatic rings. The summed E-state index contributed by atoms with van der Waals surface area (Å²) in [6.45, 7) is 6.51. The summed E-state index contributed by atoms with van der Waals surface area (Å²) in [7, 11) is 0. The first-order chi connectivity index (χ1) is 20.0. The zero-order valence-electron chi connectivity index (χ0n) is 23.5. The molecule has 1 aliphatic heterocycles. The topological polar surface area (TPSA) is 132 Å². The van der Waals surface area contributed by atoms with Gasteiger partial charge in [-0.1, -0.05) is 18.2 Å². The second-order valence-corrected chi connectivity index (χ2v) is 11.2. The molecule has 5 rings (SSSR count). The predicted molar refractivity (Wildman–Crippen MR) is 153 cm³/mol. The molecular weight excluding hydrogens is 546 g/mol. The zero-order valence-corrected chi connectivity index (χ0v) is 23.5. The molecule has 0 bridgehead atoms. The molecule has 0 atom stereocenters. The number of carbonyl (C=O) groups excluding carboxylic acids is 2.